The highest BCUT2D eigenvalue weighted by atomic mass is 79.9. The Kier molecular flexibility index (Phi) is 5.22. The molecule has 0 bridgehead atoms. The number of aliphatic carboxylic acids is 1. The number of halogens is 1. The molecule has 0 aromatic heterocycles. The van der Waals surface area contributed by atoms with E-state index < -0.39 is 5.97 Å². The van der Waals surface area contributed by atoms with E-state index in [1.165, 1.54) is 0 Å². The molecule has 0 aliphatic carbocycles. The first kappa shape index (κ1) is 15.4. The molecule has 0 heterocycles. The normalized spacial score (nSPS) is 10.2. The molecule has 1 N–H and O–H groups in total. The van der Waals surface area contributed by atoms with Crippen molar-refractivity contribution in [2.45, 2.75) is 13.0 Å². The average molecular weight is 351 g/mol. The van der Waals surface area contributed by atoms with Gasteiger partial charge in [0.25, 0.3) is 0 Å². The lowest BCUT2D eigenvalue weighted by atomic mass is 10.1. The van der Waals surface area contributed by atoms with Crippen LogP contribution in [0.3, 0.4) is 0 Å². The van der Waals surface area contributed by atoms with Crippen molar-refractivity contribution in [1.29, 1.82) is 0 Å². The molecule has 0 radical (unpaired) electrons. The summed E-state index contributed by atoms with van der Waals surface area (Å²) < 4.78 is 11.8. The lowest BCUT2D eigenvalue weighted by Gasteiger charge is -2.10. The quantitative estimate of drug-likeness (QED) is 0.863. The van der Waals surface area contributed by atoms with Gasteiger partial charge in [-0.05, 0) is 35.9 Å². The zero-order valence-electron chi connectivity index (χ0n) is 11.5. The summed E-state index contributed by atoms with van der Waals surface area (Å²) in [6.07, 6.45) is -0.0138. The minimum atomic E-state index is -0.859. The minimum Gasteiger partial charge on any atom is -0.497 e. The maximum atomic E-state index is 10.7. The number of rotatable bonds is 6. The third kappa shape index (κ3) is 4.49. The van der Waals surface area contributed by atoms with Gasteiger partial charge in [0.05, 0.1) is 13.5 Å². The molecule has 0 spiro atoms. The topological polar surface area (TPSA) is 55.8 Å². The van der Waals surface area contributed by atoms with E-state index in [4.69, 9.17) is 14.6 Å². The van der Waals surface area contributed by atoms with Crippen LogP contribution in [0.5, 0.6) is 11.5 Å². The van der Waals surface area contributed by atoms with E-state index in [0.29, 0.717) is 17.9 Å². The molecule has 0 amide bonds. The molecule has 2 aromatic rings. The number of benzene rings is 2. The first-order chi connectivity index (χ1) is 10.1. The van der Waals surface area contributed by atoms with E-state index in [-0.39, 0.29) is 6.42 Å². The number of carbonyl (C=O) groups is 1. The monoisotopic (exact) mass is 350 g/mol. The van der Waals surface area contributed by atoms with E-state index in [1.807, 2.05) is 18.2 Å². The Labute approximate surface area is 131 Å². The number of methoxy groups -OCH3 is 1. The molecule has 0 saturated heterocycles. The Morgan fingerprint density at radius 1 is 1.19 bits per heavy atom. The highest BCUT2D eigenvalue weighted by molar-refractivity contribution is 9.10. The van der Waals surface area contributed by atoms with E-state index in [1.54, 1.807) is 31.4 Å². The van der Waals surface area contributed by atoms with E-state index in [9.17, 15) is 4.79 Å². The first-order valence-corrected chi connectivity index (χ1v) is 7.13. The fourth-order valence-electron chi connectivity index (χ4n) is 1.87. The second kappa shape index (κ2) is 7.13. The summed E-state index contributed by atoms with van der Waals surface area (Å²) in [7, 11) is 1.61. The average Bonchev–Trinajstić information content (AvgIpc) is 2.46. The van der Waals surface area contributed by atoms with Crippen molar-refractivity contribution in [1.82, 2.24) is 0 Å². The fourth-order valence-corrected chi connectivity index (χ4v) is 2.23. The van der Waals surface area contributed by atoms with Crippen molar-refractivity contribution >= 4 is 21.9 Å². The Hall–Kier alpha value is -2.01. The molecule has 0 atom stereocenters. The van der Waals surface area contributed by atoms with Crippen LogP contribution in [0, 0.1) is 0 Å². The van der Waals surface area contributed by atoms with Gasteiger partial charge in [-0.15, -0.1) is 0 Å². The summed E-state index contributed by atoms with van der Waals surface area (Å²) in [6, 6.07) is 12.8. The van der Waals surface area contributed by atoms with Crippen LogP contribution < -0.4 is 9.47 Å². The predicted molar refractivity (Wildman–Crippen MR) is 82.8 cm³/mol. The van der Waals surface area contributed by atoms with Gasteiger partial charge in [-0.2, -0.15) is 0 Å². The van der Waals surface area contributed by atoms with Crippen LogP contribution in [-0.4, -0.2) is 18.2 Å². The molecule has 0 aliphatic heterocycles. The second-order valence-corrected chi connectivity index (χ2v) is 5.32. The minimum absolute atomic E-state index is 0.0138. The summed E-state index contributed by atoms with van der Waals surface area (Å²) in [5.41, 5.74) is 1.67. The van der Waals surface area contributed by atoms with Gasteiger partial charge in [-0.1, -0.05) is 28.1 Å². The zero-order chi connectivity index (χ0) is 15.2. The van der Waals surface area contributed by atoms with Gasteiger partial charge in [-0.25, -0.2) is 0 Å². The van der Waals surface area contributed by atoms with Crippen molar-refractivity contribution in [3.05, 3.63) is 58.1 Å². The molecule has 0 aliphatic rings. The first-order valence-electron chi connectivity index (χ1n) is 6.34. The van der Waals surface area contributed by atoms with Crippen LogP contribution in [-0.2, 0) is 17.8 Å². The van der Waals surface area contributed by atoms with E-state index in [0.717, 1.165) is 15.8 Å². The Bertz CT molecular complexity index is 640. The number of hydrogen-bond donors (Lipinski definition) is 1. The summed E-state index contributed by atoms with van der Waals surface area (Å²) in [6.45, 7) is 0.369. The molecule has 0 saturated carbocycles. The maximum Gasteiger partial charge on any atom is 0.307 e. The largest absolute Gasteiger partial charge is 0.497 e. The highest BCUT2D eigenvalue weighted by Crippen LogP contribution is 2.24. The van der Waals surface area contributed by atoms with Crippen molar-refractivity contribution in [3.63, 3.8) is 0 Å². The third-order valence-corrected chi connectivity index (χ3v) is 3.67. The Balaban J connectivity index is 2.07. The van der Waals surface area contributed by atoms with Crippen LogP contribution in [0.15, 0.2) is 46.9 Å². The predicted octanol–water partition coefficient (Wildman–Crippen LogP) is 3.66. The van der Waals surface area contributed by atoms with Crippen LogP contribution in [0.2, 0.25) is 0 Å². The highest BCUT2D eigenvalue weighted by Gasteiger charge is 2.05. The Morgan fingerprint density at radius 3 is 2.71 bits per heavy atom. The molecule has 0 unspecified atom stereocenters. The van der Waals surface area contributed by atoms with Gasteiger partial charge in [0.15, 0.2) is 0 Å². The number of ether oxygens (including phenoxy) is 2. The molecule has 2 rings (SSSR count). The molecule has 2 aromatic carbocycles. The van der Waals surface area contributed by atoms with Crippen LogP contribution in [0.4, 0.5) is 0 Å². The van der Waals surface area contributed by atoms with Crippen molar-refractivity contribution in [3.8, 4) is 11.5 Å². The van der Waals surface area contributed by atoms with Crippen LogP contribution in [0.25, 0.3) is 0 Å². The molecule has 110 valence electrons. The Morgan fingerprint density at radius 2 is 2.00 bits per heavy atom. The lowest BCUT2D eigenvalue weighted by Crippen LogP contribution is -2.01. The van der Waals surface area contributed by atoms with Gasteiger partial charge in [0.1, 0.15) is 18.1 Å². The fraction of sp³-hybridized carbons (Fsp3) is 0.188. The van der Waals surface area contributed by atoms with E-state index in [2.05, 4.69) is 15.9 Å². The number of hydrogen-bond acceptors (Lipinski definition) is 3. The van der Waals surface area contributed by atoms with Crippen molar-refractivity contribution in [2.24, 2.45) is 0 Å². The van der Waals surface area contributed by atoms with Crippen molar-refractivity contribution < 1.29 is 19.4 Å². The number of carboxylic acid groups (broad SMARTS) is 1. The van der Waals surface area contributed by atoms with E-state index >= 15 is 0 Å². The van der Waals surface area contributed by atoms with Crippen LogP contribution >= 0.6 is 15.9 Å². The zero-order valence-corrected chi connectivity index (χ0v) is 13.1. The SMILES string of the molecule is COc1ccc(Br)c(COc2cccc(CC(=O)O)c2)c1. The molecule has 21 heavy (non-hydrogen) atoms. The van der Waals surface area contributed by atoms with Gasteiger partial charge in [0.2, 0.25) is 0 Å². The summed E-state index contributed by atoms with van der Waals surface area (Å²) in [5.74, 6) is 0.544. The smallest absolute Gasteiger partial charge is 0.307 e. The van der Waals surface area contributed by atoms with Crippen LogP contribution in [0.1, 0.15) is 11.1 Å². The molecule has 5 heteroatoms. The van der Waals surface area contributed by atoms with Crippen molar-refractivity contribution in [2.75, 3.05) is 7.11 Å². The summed E-state index contributed by atoms with van der Waals surface area (Å²) >= 11 is 3.47. The maximum absolute atomic E-state index is 10.7. The summed E-state index contributed by atoms with van der Waals surface area (Å²) in [5, 5.41) is 8.80. The van der Waals surface area contributed by atoms with Gasteiger partial charge in [0, 0.05) is 10.0 Å². The number of carboxylic acids is 1. The third-order valence-electron chi connectivity index (χ3n) is 2.90. The van der Waals surface area contributed by atoms with Gasteiger partial charge in [-0.3, -0.25) is 4.79 Å². The van der Waals surface area contributed by atoms with Gasteiger partial charge < -0.3 is 14.6 Å². The van der Waals surface area contributed by atoms with Gasteiger partial charge >= 0.3 is 5.97 Å². The second-order valence-electron chi connectivity index (χ2n) is 4.46. The molecular formula is C16H15BrO4. The standard InChI is InChI=1S/C16H15BrO4/c1-20-13-5-6-15(17)12(9-13)10-21-14-4-2-3-11(7-14)8-16(18)19/h2-7,9H,8,10H2,1H3,(H,18,19). The molecular weight excluding hydrogens is 336 g/mol. The molecule has 4 nitrogen and oxygen atoms in total. The molecule has 0 fully saturated rings. The summed E-state index contributed by atoms with van der Waals surface area (Å²) in [4.78, 5) is 10.7. The lowest BCUT2D eigenvalue weighted by molar-refractivity contribution is -0.136.